The largest absolute Gasteiger partial charge is 0.264 e. The van der Waals surface area contributed by atoms with Crippen molar-refractivity contribution in [2.45, 2.75) is 25.7 Å². The van der Waals surface area contributed by atoms with Gasteiger partial charge in [-0.1, -0.05) is 12.1 Å². The highest BCUT2D eigenvalue weighted by Gasteiger charge is 2.14. The zero-order valence-corrected chi connectivity index (χ0v) is 17.4. The smallest absolute Gasteiger partial charge is 0.239 e. The quantitative estimate of drug-likeness (QED) is 0.642. The summed E-state index contributed by atoms with van der Waals surface area (Å²) in [5.41, 5.74) is 6.91. The van der Waals surface area contributed by atoms with Crippen LogP contribution in [-0.4, -0.2) is 25.1 Å². The fraction of sp³-hybridized carbons (Fsp3) is 0.136. The molecule has 3 rings (SSSR count). The molecule has 1 aromatic carbocycles. The molecule has 148 valence electrons. The predicted octanol–water partition coefficient (Wildman–Crippen LogP) is 4.19. The summed E-state index contributed by atoms with van der Waals surface area (Å²) in [6.45, 7) is 9.56. The maximum absolute atomic E-state index is 11.7. The Kier molecular flexibility index (Phi) is 5.72. The van der Waals surface area contributed by atoms with Crippen molar-refractivity contribution in [3.63, 3.8) is 0 Å². The number of primary sulfonamides is 1. The van der Waals surface area contributed by atoms with Crippen LogP contribution in [0.2, 0.25) is 0 Å². The van der Waals surface area contributed by atoms with Crippen LogP contribution >= 0.6 is 0 Å². The van der Waals surface area contributed by atoms with E-state index in [1.54, 1.807) is 6.20 Å². The molecule has 0 spiro atoms. The second kappa shape index (κ2) is 8.06. The second-order valence-electron chi connectivity index (χ2n) is 6.69. The first-order valence-corrected chi connectivity index (χ1v) is 10.5. The van der Waals surface area contributed by atoms with Gasteiger partial charge in [0.15, 0.2) is 0 Å². The number of hydrogen-bond acceptors (Lipinski definition) is 5. The molecular formula is C22H22N4O2S. The predicted molar refractivity (Wildman–Crippen MR) is 117 cm³/mol. The number of pyridine rings is 2. The second-order valence-corrected chi connectivity index (χ2v) is 8.25. The molecule has 0 amide bonds. The monoisotopic (exact) mass is 406 g/mol. The Hall–Kier alpha value is -3.16. The van der Waals surface area contributed by atoms with Gasteiger partial charge in [0.05, 0.1) is 5.69 Å². The average Bonchev–Trinajstić information content (AvgIpc) is 2.67. The van der Waals surface area contributed by atoms with Gasteiger partial charge in [-0.25, -0.2) is 13.6 Å². The Bertz CT molecular complexity index is 1210. The molecule has 0 aliphatic carbocycles. The Morgan fingerprint density at radius 2 is 1.76 bits per heavy atom. The summed E-state index contributed by atoms with van der Waals surface area (Å²) in [4.78, 5) is 12.6. The number of nitrogens with zero attached hydrogens (tertiary/aromatic N) is 3. The van der Waals surface area contributed by atoms with E-state index in [9.17, 15) is 8.42 Å². The molecule has 0 radical (unpaired) electrons. The number of sulfonamides is 1. The minimum absolute atomic E-state index is 0.0332. The number of allylic oxidation sites excluding steroid dienone is 1. The molecule has 2 heterocycles. The van der Waals surface area contributed by atoms with Gasteiger partial charge in [-0.05, 0) is 74.5 Å². The molecule has 0 aliphatic heterocycles. The number of aryl methyl sites for hydroxylation is 2. The molecule has 7 heteroatoms. The van der Waals surface area contributed by atoms with E-state index in [0.717, 1.165) is 39.3 Å². The van der Waals surface area contributed by atoms with Crippen LogP contribution in [-0.2, 0) is 10.0 Å². The van der Waals surface area contributed by atoms with Crippen LogP contribution in [0.25, 0.3) is 16.7 Å². The van der Waals surface area contributed by atoms with Crippen LogP contribution in [0, 0.1) is 13.8 Å². The maximum Gasteiger partial charge on any atom is 0.239 e. The number of nitrogens with two attached hydrogens (primary N) is 1. The molecule has 2 aromatic heterocycles. The lowest BCUT2D eigenvalue weighted by atomic mass is 9.93. The molecule has 0 saturated carbocycles. The summed E-state index contributed by atoms with van der Waals surface area (Å²) in [7, 11) is -3.84. The van der Waals surface area contributed by atoms with Crippen molar-refractivity contribution in [1.82, 2.24) is 9.97 Å². The van der Waals surface area contributed by atoms with Gasteiger partial charge in [0.1, 0.15) is 4.90 Å². The molecule has 0 unspecified atom stereocenters. The molecule has 6 nitrogen and oxygen atoms in total. The van der Waals surface area contributed by atoms with Crippen molar-refractivity contribution in [1.29, 1.82) is 0 Å². The van der Waals surface area contributed by atoms with Crippen molar-refractivity contribution in [3.8, 4) is 11.1 Å². The fourth-order valence-corrected chi connectivity index (χ4v) is 3.77. The maximum atomic E-state index is 11.7. The molecule has 3 aromatic rings. The van der Waals surface area contributed by atoms with Gasteiger partial charge in [0, 0.05) is 34.9 Å². The summed E-state index contributed by atoms with van der Waals surface area (Å²) in [5, 5.41) is 5.25. The Labute approximate surface area is 170 Å². The first-order valence-electron chi connectivity index (χ1n) is 8.94. The normalized spacial score (nSPS) is 12.1. The molecule has 0 atom stereocenters. The first-order chi connectivity index (χ1) is 13.7. The third-order valence-corrected chi connectivity index (χ3v) is 5.39. The number of aliphatic imine (C=N–C) groups is 1. The van der Waals surface area contributed by atoms with Gasteiger partial charge in [0.25, 0.3) is 0 Å². The topological polar surface area (TPSA) is 98.3 Å². The van der Waals surface area contributed by atoms with Gasteiger partial charge in [0.2, 0.25) is 10.0 Å². The standard InChI is InChI=1S/C22H22N4O2S/c1-5-20(17-8-14(2)26-15(3)9-17)21-11-16(6-7-22(21)24-4)18-10-19(13-25-12-18)29(23,27)28/h5-13H,4H2,1-3H3,(H2,23,27,28)/b20-5-. The van der Waals surface area contributed by atoms with Crippen molar-refractivity contribution in [2.24, 2.45) is 10.1 Å². The molecule has 0 aliphatic rings. The van der Waals surface area contributed by atoms with E-state index in [0.29, 0.717) is 5.56 Å². The summed E-state index contributed by atoms with van der Waals surface area (Å²) in [6.07, 6.45) is 4.85. The Morgan fingerprint density at radius 3 is 2.34 bits per heavy atom. The highest BCUT2D eigenvalue weighted by atomic mass is 32.2. The SMILES string of the molecule is C=Nc1ccc(-c2cncc(S(N)(=O)=O)c2)cc1/C(=C\C)c1cc(C)nc(C)c1. The zero-order valence-electron chi connectivity index (χ0n) is 16.5. The molecule has 29 heavy (non-hydrogen) atoms. The minimum atomic E-state index is -3.84. The first kappa shape index (κ1) is 20.6. The van der Waals surface area contributed by atoms with Crippen LogP contribution in [0.1, 0.15) is 29.4 Å². The molecule has 2 N–H and O–H groups in total. The van der Waals surface area contributed by atoms with Crippen molar-refractivity contribution >= 4 is 28.0 Å². The van der Waals surface area contributed by atoms with E-state index in [1.165, 1.54) is 12.3 Å². The Morgan fingerprint density at radius 1 is 1.07 bits per heavy atom. The fourth-order valence-electron chi connectivity index (χ4n) is 3.27. The average molecular weight is 407 g/mol. The molecular weight excluding hydrogens is 384 g/mol. The lowest BCUT2D eigenvalue weighted by molar-refractivity contribution is 0.597. The van der Waals surface area contributed by atoms with E-state index in [4.69, 9.17) is 5.14 Å². The van der Waals surface area contributed by atoms with Gasteiger partial charge >= 0.3 is 0 Å². The summed E-state index contributed by atoms with van der Waals surface area (Å²) in [6, 6.07) is 11.2. The molecule has 0 saturated heterocycles. The van der Waals surface area contributed by atoms with Crippen LogP contribution in [0.15, 0.2) is 64.8 Å². The lowest BCUT2D eigenvalue weighted by Gasteiger charge is -2.14. The van der Waals surface area contributed by atoms with E-state index in [1.807, 2.05) is 57.2 Å². The Balaban J connectivity index is 2.19. The van der Waals surface area contributed by atoms with E-state index in [2.05, 4.69) is 21.7 Å². The highest BCUT2D eigenvalue weighted by Crippen LogP contribution is 2.35. The van der Waals surface area contributed by atoms with Crippen LogP contribution < -0.4 is 5.14 Å². The third-order valence-electron chi connectivity index (χ3n) is 4.51. The van der Waals surface area contributed by atoms with Gasteiger partial charge in [-0.2, -0.15) is 0 Å². The summed E-state index contributed by atoms with van der Waals surface area (Å²) in [5.74, 6) is 0. The number of benzene rings is 1. The van der Waals surface area contributed by atoms with Crippen LogP contribution in [0.4, 0.5) is 5.69 Å². The van der Waals surface area contributed by atoms with Gasteiger partial charge in [-0.15, -0.1) is 0 Å². The molecule has 0 bridgehead atoms. The minimum Gasteiger partial charge on any atom is -0.264 e. The van der Waals surface area contributed by atoms with Crippen LogP contribution in [0.3, 0.4) is 0 Å². The summed E-state index contributed by atoms with van der Waals surface area (Å²) >= 11 is 0. The number of rotatable bonds is 5. The molecule has 0 fully saturated rings. The van der Waals surface area contributed by atoms with Gasteiger partial charge in [-0.3, -0.25) is 15.0 Å². The highest BCUT2D eigenvalue weighted by molar-refractivity contribution is 7.89. The third kappa shape index (κ3) is 4.47. The van der Waals surface area contributed by atoms with Gasteiger partial charge < -0.3 is 0 Å². The van der Waals surface area contributed by atoms with E-state index in [-0.39, 0.29) is 4.90 Å². The van der Waals surface area contributed by atoms with Crippen molar-refractivity contribution in [3.05, 3.63) is 77.4 Å². The lowest BCUT2D eigenvalue weighted by Crippen LogP contribution is -2.12. The zero-order chi connectivity index (χ0) is 21.2. The van der Waals surface area contributed by atoms with E-state index < -0.39 is 10.0 Å². The van der Waals surface area contributed by atoms with Crippen molar-refractivity contribution in [2.75, 3.05) is 0 Å². The van der Waals surface area contributed by atoms with E-state index >= 15 is 0 Å². The van der Waals surface area contributed by atoms with Crippen molar-refractivity contribution < 1.29 is 8.42 Å². The number of hydrogen-bond donors (Lipinski definition) is 1. The van der Waals surface area contributed by atoms with Crippen LogP contribution in [0.5, 0.6) is 0 Å². The summed E-state index contributed by atoms with van der Waals surface area (Å²) < 4.78 is 23.4. The number of aromatic nitrogens is 2.